The highest BCUT2D eigenvalue weighted by molar-refractivity contribution is 7.90. The van der Waals surface area contributed by atoms with E-state index in [0.717, 1.165) is 0 Å². The number of rotatable bonds is 5. The van der Waals surface area contributed by atoms with Crippen molar-refractivity contribution in [3.05, 3.63) is 34.9 Å². The summed E-state index contributed by atoms with van der Waals surface area (Å²) >= 11 is 5.68. The predicted octanol–water partition coefficient (Wildman–Crippen LogP) is 0.574. The second-order valence-corrected chi connectivity index (χ2v) is 6.12. The molecule has 0 radical (unpaired) electrons. The zero-order valence-corrected chi connectivity index (χ0v) is 10.2. The number of halogens is 1. The summed E-state index contributed by atoms with van der Waals surface area (Å²) < 4.78 is 23.2. The zero-order valence-electron chi connectivity index (χ0n) is 8.64. The summed E-state index contributed by atoms with van der Waals surface area (Å²) in [6.07, 6.45) is -1.00. The van der Waals surface area contributed by atoms with Crippen LogP contribution in [-0.2, 0) is 15.6 Å². The van der Waals surface area contributed by atoms with E-state index in [2.05, 4.69) is 0 Å². The van der Waals surface area contributed by atoms with Crippen LogP contribution in [0.4, 0.5) is 0 Å². The minimum atomic E-state index is -3.33. The topological polar surface area (TPSA) is 80.4 Å². The summed E-state index contributed by atoms with van der Waals surface area (Å²) in [6, 6.07) is 6.56. The third-order valence-corrected chi connectivity index (χ3v) is 3.94. The van der Waals surface area contributed by atoms with Crippen LogP contribution in [0.3, 0.4) is 0 Å². The van der Waals surface area contributed by atoms with E-state index in [1.807, 2.05) is 0 Å². The van der Waals surface area contributed by atoms with E-state index >= 15 is 0 Å². The zero-order chi connectivity index (χ0) is 12.2. The first-order valence-corrected chi connectivity index (χ1v) is 6.96. The smallest absolute Gasteiger partial charge is 0.157 e. The van der Waals surface area contributed by atoms with Gasteiger partial charge in [-0.15, -0.1) is 0 Å². The maximum Gasteiger partial charge on any atom is 0.157 e. The van der Waals surface area contributed by atoms with Gasteiger partial charge >= 0.3 is 0 Å². The van der Waals surface area contributed by atoms with E-state index in [9.17, 15) is 13.5 Å². The molecule has 4 nitrogen and oxygen atoms in total. The van der Waals surface area contributed by atoms with Gasteiger partial charge in [0.1, 0.15) is 0 Å². The molecule has 1 rings (SSSR count). The Morgan fingerprint density at radius 3 is 2.38 bits per heavy atom. The molecule has 0 saturated carbocycles. The van der Waals surface area contributed by atoms with Crippen molar-refractivity contribution < 1.29 is 13.5 Å². The van der Waals surface area contributed by atoms with Gasteiger partial charge in [-0.2, -0.15) is 0 Å². The highest BCUT2D eigenvalue weighted by Crippen LogP contribution is 2.12. The van der Waals surface area contributed by atoms with E-state index in [4.69, 9.17) is 17.3 Å². The highest BCUT2D eigenvalue weighted by Gasteiger charge is 2.16. The van der Waals surface area contributed by atoms with Crippen LogP contribution in [-0.4, -0.2) is 31.9 Å². The molecule has 0 aliphatic carbocycles. The lowest BCUT2D eigenvalue weighted by molar-refractivity contribution is 0.205. The molecule has 0 aliphatic heterocycles. The normalized spacial score (nSPS) is 13.7. The summed E-state index contributed by atoms with van der Waals surface area (Å²) in [4.78, 5) is 0. The molecule has 90 valence electrons. The van der Waals surface area contributed by atoms with Gasteiger partial charge in [-0.1, -0.05) is 23.7 Å². The van der Waals surface area contributed by atoms with Gasteiger partial charge in [0.05, 0.1) is 17.6 Å². The Kier molecular flexibility index (Phi) is 4.73. The van der Waals surface area contributed by atoms with Crippen molar-refractivity contribution in [2.45, 2.75) is 11.9 Å². The van der Waals surface area contributed by atoms with Crippen molar-refractivity contribution in [2.24, 2.45) is 5.73 Å². The van der Waals surface area contributed by atoms with E-state index in [1.54, 1.807) is 24.3 Å². The Morgan fingerprint density at radius 2 is 1.88 bits per heavy atom. The molecule has 0 aromatic heterocycles. The third-order valence-electron chi connectivity index (χ3n) is 2.02. The highest BCUT2D eigenvalue weighted by atomic mass is 35.5. The second-order valence-electron chi connectivity index (χ2n) is 3.57. The molecule has 1 aromatic rings. The minimum Gasteiger partial charge on any atom is -0.391 e. The molecule has 1 atom stereocenters. The number of aliphatic hydroxyl groups excluding tert-OH is 1. The van der Waals surface area contributed by atoms with Crippen LogP contribution in [0, 0.1) is 0 Å². The van der Waals surface area contributed by atoms with E-state index in [1.165, 1.54) is 0 Å². The van der Waals surface area contributed by atoms with Crippen molar-refractivity contribution in [3.8, 4) is 0 Å². The second kappa shape index (κ2) is 5.63. The van der Waals surface area contributed by atoms with Crippen LogP contribution >= 0.6 is 11.6 Å². The summed E-state index contributed by atoms with van der Waals surface area (Å²) in [5.74, 6) is -0.423. The fourth-order valence-electron chi connectivity index (χ4n) is 1.25. The Hall–Kier alpha value is -0.620. The maximum atomic E-state index is 11.6. The summed E-state index contributed by atoms with van der Waals surface area (Å²) in [5.41, 5.74) is 5.81. The van der Waals surface area contributed by atoms with Gasteiger partial charge in [0, 0.05) is 11.6 Å². The van der Waals surface area contributed by atoms with Gasteiger partial charge in [0.15, 0.2) is 9.84 Å². The summed E-state index contributed by atoms with van der Waals surface area (Å²) in [7, 11) is -3.33. The van der Waals surface area contributed by atoms with Gasteiger partial charge in [0.25, 0.3) is 0 Å². The molecule has 0 saturated heterocycles. The van der Waals surface area contributed by atoms with Crippen molar-refractivity contribution in [1.29, 1.82) is 0 Å². The van der Waals surface area contributed by atoms with Gasteiger partial charge in [-0.05, 0) is 17.7 Å². The number of benzene rings is 1. The molecule has 6 heteroatoms. The van der Waals surface area contributed by atoms with E-state index in [0.29, 0.717) is 10.6 Å². The average molecular weight is 264 g/mol. The lowest BCUT2D eigenvalue weighted by atomic mass is 10.2. The van der Waals surface area contributed by atoms with Gasteiger partial charge in [0.2, 0.25) is 0 Å². The molecule has 0 bridgehead atoms. The molecule has 0 aliphatic rings. The Balaban J connectivity index is 2.69. The van der Waals surface area contributed by atoms with Crippen LogP contribution in [0.25, 0.3) is 0 Å². The standard InChI is InChI=1S/C10H14ClNO3S/c11-9-3-1-8(2-4-9)6-16(14,15)7-10(13)5-12/h1-4,10,13H,5-7,12H2. The predicted molar refractivity (Wildman–Crippen MR) is 64.0 cm³/mol. The first-order chi connectivity index (χ1) is 7.43. The van der Waals surface area contributed by atoms with Crippen LogP contribution in [0.5, 0.6) is 0 Å². The van der Waals surface area contributed by atoms with E-state index < -0.39 is 15.9 Å². The molecule has 0 fully saturated rings. The molecule has 0 amide bonds. The summed E-state index contributed by atoms with van der Waals surface area (Å²) in [6.45, 7) is -0.0557. The van der Waals surface area contributed by atoms with E-state index in [-0.39, 0.29) is 18.1 Å². The molecule has 0 spiro atoms. The van der Waals surface area contributed by atoms with Gasteiger partial charge in [-0.25, -0.2) is 8.42 Å². The minimum absolute atomic E-state index is 0.0557. The third kappa shape index (κ3) is 4.49. The van der Waals surface area contributed by atoms with Crippen molar-refractivity contribution in [3.63, 3.8) is 0 Å². The molecule has 16 heavy (non-hydrogen) atoms. The Morgan fingerprint density at radius 1 is 1.31 bits per heavy atom. The number of aliphatic hydroxyl groups is 1. The molecule has 1 unspecified atom stereocenters. The monoisotopic (exact) mass is 263 g/mol. The van der Waals surface area contributed by atoms with Crippen molar-refractivity contribution >= 4 is 21.4 Å². The number of hydrogen-bond acceptors (Lipinski definition) is 4. The van der Waals surface area contributed by atoms with Gasteiger partial charge < -0.3 is 10.8 Å². The van der Waals surface area contributed by atoms with Gasteiger partial charge in [-0.3, -0.25) is 0 Å². The Labute approximate surface area is 100.0 Å². The lowest BCUT2D eigenvalue weighted by Gasteiger charge is -2.08. The number of nitrogens with two attached hydrogens (primary N) is 1. The summed E-state index contributed by atoms with van der Waals surface area (Å²) in [5, 5.41) is 9.75. The largest absolute Gasteiger partial charge is 0.391 e. The quantitative estimate of drug-likeness (QED) is 0.814. The first-order valence-electron chi connectivity index (χ1n) is 4.76. The molecular weight excluding hydrogens is 250 g/mol. The van der Waals surface area contributed by atoms with Crippen LogP contribution in [0.2, 0.25) is 5.02 Å². The lowest BCUT2D eigenvalue weighted by Crippen LogP contribution is -2.29. The molecule has 0 heterocycles. The van der Waals surface area contributed by atoms with Crippen LogP contribution in [0.15, 0.2) is 24.3 Å². The molecule has 3 N–H and O–H groups in total. The van der Waals surface area contributed by atoms with Crippen molar-refractivity contribution in [1.82, 2.24) is 0 Å². The average Bonchev–Trinajstić information content (AvgIpc) is 2.20. The number of hydrogen-bond donors (Lipinski definition) is 2. The fourth-order valence-corrected chi connectivity index (χ4v) is 2.92. The molecule has 1 aromatic carbocycles. The maximum absolute atomic E-state index is 11.6. The Bertz CT molecular complexity index is 430. The fraction of sp³-hybridized carbons (Fsp3) is 0.400. The van der Waals surface area contributed by atoms with Crippen LogP contribution in [0.1, 0.15) is 5.56 Å². The first kappa shape index (κ1) is 13.4. The molecular formula is C10H14ClNO3S. The van der Waals surface area contributed by atoms with Crippen molar-refractivity contribution in [2.75, 3.05) is 12.3 Å². The number of sulfone groups is 1. The SMILES string of the molecule is NCC(O)CS(=O)(=O)Cc1ccc(Cl)cc1. The van der Waals surface area contributed by atoms with Crippen LogP contribution < -0.4 is 5.73 Å².